The van der Waals surface area contributed by atoms with Gasteiger partial charge in [-0.3, -0.25) is 4.79 Å². The van der Waals surface area contributed by atoms with Gasteiger partial charge < -0.3 is 31.8 Å². The van der Waals surface area contributed by atoms with E-state index in [9.17, 15) is 4.79 Å². The van der Waals surface area contributed by atoms with Crippen molar-refractivity contribution in [1.82, 2.24) is 0 Å². The quantitative estimate of drug-likeness (QED) is 0.164. The Morgan fingerprint density at radius 3 is 2.28 bits per heavy atom. The van der Waals surface area contributed by atoms with E-state index >= 15 is 0 Å². The van der Waals surface area contributed by atoms with Crippen LogP contribution in [0.2, 0.25) is 0 Å². The van der Waals surface area contributed by atoms with Crippen LogP contribution in [0.5, 0.6) is 11.5 Å². The third-order valence-electron chi connectivity index (χ3n) is 6.65. The number of aromatic nitrogens is 1. The molecule has 3 aromatic rings. The number of hydrogen-bond acceptors (Lipinski definition) is 4. The van der Waals surface area contributed by atoms with E-state index in [2.05, 4.69) is 41.5 Å². The van der Waals surface area contributed by atoms with Crippen molar-refractivity contribution in [3.8, 4) is 11.5 Å². The number of ether oxygens (including phenoxy) is 2. The van der Waals surface area contributed by atoms with E-state index in [0.29, 0.717) is 12.4 Å². The highest BCUT2D eigenvalue weighted by atomic mass is 79.9. The van der Waals surface area contributed by atoms with Crippen LogP contribution in [0.3, 0.4) is 0 Å². The number of aryl methyl sites for hydroxylation is 1. The molecule has 214 valence electrons. The zero-order chi connectivity index (χ0) is 27.0. The Labute approximate surface area is 249 Å². The second-order valence-electron chi connectivity index (χ2n) is 10.1. The van der Waals surface area contributed by atoms with Gasteiger partial charge in [0.25, 0.3) is 0 Å². The van der Waals surface area contributed by atoms with E-state index < -0.39 is 0 Å². The number of thiazole rings is 1. The Kier molecular flexibility index (Phi) is 15.8. The molecule has 5 nitrogen and oxygen atoms in total. The van der Waals surface area contributed by atoms with Crippen molar-refractivity contribution in [2.45, 2.75) is 91.0 Å². The molecule has 1 amide bonds. The predicted molar refractivity (Wildman–Crippen MR) is 157 cm³/mol. The summed E-state index contributed by atoms with van der Waals surface area (Å²) in [5, 5.41) is 3.03. The Bertz CT molecular complexity index is 1120. The predicted octanol–water partition coefficient (Wildman–Crippen LogP) is 4.89. The Hall–Kier alpha value is -2.38. The first kappa shape index (κ1) is 32.8. The molecule has 0 spiro atoms. The van der Waals surface area contributed by atoms with Crippen molar-refractivity contribution in [3.05, 3.63) is 70.2 Å². The molecule has 1 N–H and O–H groups in total. The van der Waals surface area contributed by atoms with Gasteiger partial charge in [0.15, 0.2) is 24.2 Å². The van der Waals surface area contributed by atoms with Crippen LogP contribution in [0.15, 0.2) is 54.2 Å². The Morgan fingerprint density at radius 1 is 0.897 bits per heavy atom. The van der Waals surface area contributed by atoms with Crippen molar-refractivity contribution in [2.24, 2.45) is 0 Å². The van der Waals surface area contributed by atoms with Gasteiger partial charge >= 0.3 is 0 Å². The number of nitrogens with zero attached hydrogens (tertiary/aromatic N) is 1. The monoisotopic (exact) mass is 616 g/mol. The Morgan fingerprint density at radius 2 is 1.62 bits per heavy atom. The summed E-state index contributed by atoms with van der Waals surface area (Å²) in [6.07, 6.45) is 15.4. The number of amides is 1. The van der Waals surface area contributed by atoms with Gasteiger partial charge in [0.05, 0.1) is 25.0 Å². The summed E-state index contributed by atoms with van der Waals surface area (Å²) in [6.45, 7) is 5.84. The van der Waals surface area contributed by atoms with Crippen LogP contribution in [0.25, 0.3) is 0 Å². The molecule has 0 aliphatic rings. The highest BCUT2D eigenvalue weighted by Crippen LogP contribution is 2.29. The standard InChI is InChI=1S/C32H44N2O3S.BrH/c1-4-5-6-7-8-9-10-11-12-13-19-37-30-18-17-27(21-31(30)36-3)22-32(35)33-29-16-14-15-28(20-29)24-34-23-26(2)38-25-34;/h14-18,20-21,23,25H,4-13,19,22,24H2,1-3H3;1H. The number of rotatable bonds is 18. The van der Waals surface area contributed by atoms with Gasteiger partial charge in [-0.05, 0) is 43.2 Å². The maximum Gasteiger partial charge on any atom is 0.228 e. The SMILES string of the molecule is CCCCCCCCCCCCOc1ccc(CC(=O)Nc2cccc(C[n+]3csc(C)c3)c2)cc1OC.[Br-]. The molecular formula is C32H45BrN2O3S. The number of halogens is 1. The molecule has 0 radical (unpaired) electrons. The molecule has 0 saturated carbocycles. The van der Waals surface area contributed by atoms with Crippen LogP contribution >= 0.6 is 11.3 Å². The van der Waals surface area contributed by atoms with Gasteiger partial charge in [-0.1, -0.05) is 94.2 Å². The number of carbonyl (C=O) groups excluding carboxylic acids is 1. The molecule has 0 aliphatic carbocycles. The fraction of sp³-hybridized carbons (Fsp3) is 0.500. The highest BCUT2D eigenvalue weighted by molar-refractivity contribution is 7.09. The minimum Gasteiger partial charge on any atom is -1.00 e. The minimum absolute atomic E-state index is 0. The first-order chi connectivity index (χ1) is 18.6. The summed E-state index contributed by atoms with van der Waals surface area (Å²) in [6, 6.07) is 13.8. The van der Waals surface area contributed by atoms with Gasteiger partial charge in [-0.2, -0.15) is 4.57 Å². The van der Waals surface area contributed by atoms with Crippen LogP contribution in [0, 0.1) is 6.92 Å². The summed E-state index contributed by atoms with van der Waals surface area (Å²) in [7, 11) is 1.64. The van der Waals surface area contributed by atoms with Crippen molar-refractivity contribution in [2.75, 3.05) is 19.0 Å². The Balaban J connectivity index is 0.00000533. The fourth-order valence-electron chi connectivity index (χ4n) is 4.59. The summed E-state index contributed by atoms with van der Waals surface area (Å²) >= 11 is 1.73. The molecule has 0 atom stereocenters. The summed E-state index contributed by atoms with van der Waals surface area (Å²) in [5.74, 6) is 1.36. The smallest absolute Gasteiger partial charge is 0.228 e. The largest absolute Gasteiger partial charge is 1.00 e. The fourth-order valence-corrected chi connectivity index (χ4v) is 5.22. The topological polar surface area (TPSA) is 51.4 Å². The number of methoxy groups -OCH3 is 1. The van der Waals surface area contributed by atoms with E-state index in [1.807, 2.05) is 36.4 Å². The molecule has 0 fully saturated rings. The average Bonchev–Trinajstić information content (AvgIpc) is 3.32. The average molecular weight is 618 g/mol. The summed E-state index contributed by atoms with van der Waals surface area (Å²) in [5.41, 5.74) is 4.96. The maximum atomic E-state index is 12.7. The van der Waals surface area contributed by atoms with Crippen LogP contribution in [-0.2, 0) is 17.8 Å². The van der Waals surface area contributed by atoms with Crippen LogP contribution < -0.4 is 36.3 Å². The molecule has 0 aliphatic heterocycles. The van der Waals surface area contributed by atoms with Crippen LogP contribution in [0.4, 0.5) is 5.69 Å². The lowest BCUT2D eigenvalue weighted by Gasteiger charge is -2.12. The zero-order valence-corrected chi connectivity index (χ0v) is 26.2. The molecule has 3 rings (SSSR count). The first-order valence-electron chi connectivity index (χ1n) is 14.2. The lowest BCUT2D eigenvalue weighted by atomic mass is 10.1. The molecule has 2 aromatic carbocycles. The molecule has 39 heavy (non-hydrogen) atoms. The van der Waals surface area contributed by atoms with E-state index in [1.165, 1.54) is 62.7 Å². The van der Waals surface area contributed by atoms with Crippen LogP contribution in [-0.4, -0.2) is 19.6 Å². The molecule has 0 saturated heterocycles. The second kappa shape index (κ2) is 18.8. The van der Waals surface area contributed by atoms with Gasteiger partial charge in [0.1, 0.15) is 0 Å². The van der Waals surface area contributed by atoms with Gasteiger partial charge in [0, 0.05) is 11.3 Å². The molecule has 0 bridgehead atoms. The third kappa shape index (κ3) is 12.6. The van der Waals surface area contributed by atoms with Crippen molar-refractivity contribution in [1.29, 1.82) is 0 Å². The number of carbonyl (C=O) groups is 1. The highest BCUT2D eigenvalue weighted by Gasteiger charge is 2.11. The molecule has 1 aromatic heterocycles. The second-order valence-corrected chi connectivity index (χ2v) is 11.2. The summed E-state index contributed by atoms with van der Waals surface area (Å²) in [4.78, 5) is 14.0. The first-order valence-corrected chi connectivity index (χ1v) is 15.1. The lowest BCUT2D eigenvalue weighted by molar-refractivity contribution is -0.683. The van der Waals surface area contributed by atoms with Gasteiger partial charge in [-0.25, -0.2) is 0 Å². The van der Waals surface area contributed by atoms with Crippen molar-refractivity contribution >= 4 is 22.9 Å². The van der Waals surface area contributed by atoms with E-state index in [1.54, 1.807) is 18.4 Å². The zero-order valence-electron chi connectivity index (χ0n) is 23.8. The maximum absolute atomic E-state index is 12.7. The third-order valence-corrected chi connectivity index (χ3v) is 7.50. The van der Waals surface area contributed by atoms with Crippen molar-refractivity contribution < 1.29 is 35.8 Å². The minimum atomic E-state index is -0.0535. The molecule has 7 heteroatoms. The lowest BCUT2D eigenvalue weighted by Crippen LogP contribution is -3.00. The van der Waals surface area contributed by atoms with Crippen molar-refractivity contribution in [3.63, 3.8) is 0 Å². The van der Waals surface area contributed by atoms with E-state index in [0.717, 1.165) is 35.5 Å². The molecule has 0 unspecified atom stereocenters. The number of anilines is 1. The van der Waals surface area contributed by atoms with Crippen LogP contribution in [0.1, 0.15) is 87.1 Å². The number of hydrogen-bond donors (Lipinski definition) is 1. The van der Waals surface area contributed by atoms with E-state index in [4.69, 9.17) is 9.47 Å². The van der Waals surface area contributed by atoms with Gasteiger partial charge in [0.2, 0.25) is 11.4 Å². The number of nitrogens with one attached hydrogen (secondary N) is 1. The molecule has 1 heterocycles. The normalized spacial score (nSPS) is 10.6. The number of unbranched alkanes of at least 4 members (excludes halogenated alkanes) is 9. The van der Waals surface area contributed by atoms with E-state index in [-0.39, 0.29) is 29.3 Å². The van der Waals surface area contributed by atoms with Gasteiger partial charge in [-0.15, -0.1) is 0 Å². The molecular weight excluding hydrogens is 572 g/mol. The number of benzene rings is 2. The summed E-state index contributed by atoms with van der Waals surface area (Å²) < 4.78 is 13.7.